The van der Waals surface area contributed by atoms with Gasteiger partial charge in [0.2, 0.25) is 5.91 Å². The number of aromatic hydroxyl groups is 1. The Morgan fingerprint density at radius 2 is 1.82 bits per heavy atom. The quantitative estimate of drug-likeness (QED) is 0.194. The minimum absolute atomic E-state index is 0.0608. The zero-order chi connectivity index (χ0) is 28.1. The maximum absolute atomic E-state index is 13.2. The van der Waals surface area contributed by atoms with Crippen LogP contribution in [0, 0.1) is 0 Å². The van der Waals surface area contributed by atoms with Crippen LogP contribution in [0.25, 0.3) is 10.9 Å². The molecule has 0 saturated heterocycles. The predicted octanol–water partition coefficient (Wildman–Crippen LogP) is 4.41. The van der Waals surface area contributed by atoms with Gasteiger partial charge in [0.15, 0.2) is 0 Å². The largest absolute Gasteiger partial charge is 0.508 e. The van der Waals surface area contributed by atoms with E-state index in [-0.39, 0.29) is 17.8 Å². The summed E-state index contributed by atoms with van der Waals surface area (Å²) in [6.45, 7) is 3.94. The Morgan fingerprint density at radius 1 is 1.07 bits per heavy atom. The van der Waals surface area contributed by atoms with Crippen molar-refractivity contribution in [2.24, 2.45) is 10.8 Å². The Labute approximate surface area is 235 Å². The number of para-hydroxylation sites is 1. The smallest absolute Gasteiger partial charge is 0.240 e. The van der Waals surface area contributed by atoms with Crippen LogP contribution in [0.15, 0.2) is 90.2 Å². The summed E-state index contributed by atoms with van der Waals surface area (Å²) in [6.07, 6.45) is 5.27. The number of benzene rings is 3. The van der Waals surface area contributed by atoms with Crippen LogP contribution in [0.2, 0.25) is 0 Å². The molecule has 8 nitrogen and oxygen atoms in total. The van der Waals surface area contributed by atoms with Crippen LogP contribution in [0.5, 0.6) is 5.75 Å². The predicted molar refractivity (Wildman–Crippen MR) is 160 cm³/mol. The molecule has 5 rings (SSSR count). The van der Waals surface area contributed by atoms with Gasteiger partial charge in [0.25, 0.3) is 0 Å². The number of nitrogens with zero attached hydrogens (tertiary/aromatic N) is 2. The van der Waals surface area contributed by atoms with Crippen molar-refractivity contribution in [2.75, 3.05) is 0 Å². The second kappa shape index (κ2) is 11.8. The molecule has 1 aliphatic rings. The van der Waals surface area contributed by atoms with Gasteiger partial charge in [0, 0.05) is 30.1 Å². The van der Waals surface area contributed by atoms with E-state index < -0.39 is 11.6 Å². The summed E-state index contributed by atoms with van der Waals surface area (Å²) in [6, 6.07) is 25.5. The molecule has 1 aromatic heterocycles. The second-order valence-electron chi connectivity index (χ2n) is 11.1. The molecule has 208 valence electrons. The van der Waals surface area contributed by atoms with Gasteiger partial charge >= 0.3 is 0 Å². The molecule has 1 aliphatic heterocycles. The fourth-order valence-electron chi connectivity index (χ4n) is 5.19. The summed E-state index contributed by atoms with van der Waals surface area (Å²) in [5.41, 5.74) is 12.9. The Morgan fingerprint density at radius 3 is 2.60 bits per heavy atom. The number of H-pyrrole nitrogens is 1. The zero-order valence-electron chi connectivity index (χ0n) is 23.1. The maximum atomic E-state index is 13.2. The number of phenols is 1. The number of fused-ring (bicyclic) bond motifs is 1. The fraction of sp³-hybridized carbons (Fsp3) is 0.312. The Bertz CT molecular complexity index is 1470. The van der Waals surface area contributed by atoms with Gasteiger partial charge in [0.05, 0.1) is 11.6 Å². The number of carbonyl (C=O) groups excluding carboxylic acids is 1. The van der Waals surface area contributed by atoms with Gasteiger partial charge in [0.1, 0.15) is 17.8 Å². The highest BCUT2D eigenvalue weighted by Crippen LogP contribution is 2.24. The van der Waals surface area contributed by atoms with Gasteiger partial charge < -0.3 is 26.0 Å². The number of rotatable bonds is 11. The van der Waals surface area contributed by atoms with E-state index in [0.29, 0.717) is 13.0 Å². The van der Waals surface area contributed by atoms with Gasteiger partial charge in [-0.15, -0.1) is 0 Å². The number of aryl methyl sites for hydroxylation is 1. The maximum Gasteiger partial charge on any atom is 0.240 e. The number of hydrazone groups is 1. The van der Waals surface area contributed by atoms with Crippen LogP contribution in [-0.2, 0) is 24.2 Å². The first-order valence-electron chi connectivity index (χ1n) is 13.8. The minimum atomic E-state index is -1.05. The van der Waals surface area contributed by atoms with Crippen molar-refractivity contribution in [3.63, 3.8) is 0 Å². The second-order valence-corrected chi connectivity index (χ2v) is 11.1. The van der Waals surface area contributed by atoms with E-state index in [2.05, 4.69) is 51.0 Å². The highest BCUT2D eigenvalue weighted by atomic mass is 16.3. The Balaban J connectivity index is 1.42. The molecule has 0 spiro atoms. The number of amides is 1. The van der Waals surface area contributed by atoms with Crippen LogP contribution < -0.4 is 16.5 Å². The monoisotopic (exact) mass is 538 g/mol. The SMILES string of the molecule is CC(C)(N)C(=O)N[C@H](Cc1c[nH]c2ccccc12)C1=NNC(CCCc2ccccc2)N1Cc1cccc(O)c1. The van der Waals surface area contributed by atoms with E-state index in [4.69, 9.17) is 10.8 Å². The van der Waals surface area contributed by atoms with E-state index in [1.54, 1.807) is 26.0 Å². The molecular weight excluding hydrogens is 500 g/mol. The van der Waals surface area contributed by atoms with E-state index in [1.807, 2.05) is 42.6 Å². The molecule has 0 radical (unpaired) electrons. The highest BCUT2D eigenvalue weighted by molar-refractivity contribution is 5.95. The van der Waals surface area contributed by atoms with E-state index >= 15 is 0 Å². The number of aromatic amines is 1. The zero-order valence-corrected chi connectivity index (χ0v) is 23.1. The third-order valence-corrected chi connectivity index (χ3v) is 7.35. The topological polar surface area (TPSA) is 119 Å². The van der Waals surface area contributed by atoms with Gasteiger partial charge in [-0.05, 0) is 68.0 Å². The normalized spacial score (nSPS) is 16.0. The molecule has 0 saturated carbocycles. The number of phenolic OH excluding ortho intramolecular Hbond substituents is 1. The Hall–Kier alpha value is -4.30. The molecule has 1 unspecified atom stereocenters. The van der Waals surface area contributed by atoms with Crippen LogP contribution in [-0.4, -0.2) is 44.5 Å². The van der Waals surface area contributed by atoms with Crippen LogP contribution in [0.3, 0.4) is 0 Å². The standard InChI is InChI=1S/C32H38N6O2/c1-32(2,33)31(40)35-28(19-24-20-34-27-16-7-6-15-26(24)27)30-37-36-29(17-9-12-22-10-4-3-5-11-22)38(30)21-23-13-8-14-25(39)18-23/h3-8,10-11,13-16,18,20,28-29,34,36,39H,9,12,17,19,21,33H2,1-2H3,(H,35,40)/t28-,29?/m1/s1. The molecule has 1 amide bonds. The molecule has 4 aromatic rings. The molecule has 0 fully saturated rings. The number of hydrogen-bond acceptors (Lipinski definition) is 6. The molecule has 2 atom stereocenters. The van der Waals surface area contributed by atoms with Crippen molar-refractivity contribution >= 4 is 22.6 Å². The number of nitrogens with one attached hydrogen (secondary N) is 3. The van der Waals surface area contributed by atoms with Crippen LogP contribution in [0.1, 0.15) is 43.4 Å². The number of hydrogen-bond donors (Lipinski definition) is 5. The van der Waals surface area contributed by atoms with Crippen molar-refractivity contribution in [2.45, 2.75) is 63.8 Å². The lowest BCUT2D eigenvalue weighted by molar-refractivity contribution is -0.125. The van der Waals surface area contributed by atoms with Crippen molar-refractivity contribution in [1.82, 2.24) is 20.6 Å². The average molecular weight is 539 g/mol. The van der Waals surface area contributed by atoms with Gasteiger partial charge in [-0.25, -0.2) is 0 Å². The van der Waals surface area contributed by atoms with E-state index in [0.717, 1.165) is 47.1 Å². The first-order valence-corrected chi connectivity index (χ1v) is 13.8. The van der Waals surface area contributed by atoms with E-state index in [9.17, 15) is 9.90 Å². The van der Waals surface area contributed by atoms with Crippen molar-refractivity contribution in [3.8, 4) is 5.75 Å². The molecule has 0 bridgehead atoms. The van der Waals surface area contributed by atoms with Gasteiger partial charge in [-0.2, -0.15) is 5.10 Å². The molecular formula is C32H38N6O2. The first kappa shape index (κ1) is 27.3. The lowest BCUT2D eigenvalue weighted by Crippen LogP contribution is -2.57. The van der Waals surface area contributed by atoms with Gasteiger partial charge in [-0.3, -0.25) is 10.2 Å². The van der Waals surface area contributed by atoms with Crippen molar-refractivity contribution < 1.29 is 9.90 Å². The summed E-state index contributed by atoms with van der Waals surface area (Å²) in [5.74, 6) is 0.720. The molecule has 8 heteroatoms. The number of carbonyl (C=O) groups is 1. The first-order chi connectivity index (χ1) is 19.3. The molecule has 40 heavy (non-hydrogen) atoms. The number of amidine groups is 1. The minimum Gasteiger partial charge on any atom is -0.508 e. The summed E-state index contributed by atoms with van der Waals surface area (Å²) >= 11 is 0. The average Bonchev–Trinajstić information content (AvgIpc) is 3.52. The summed E-state index contributed by atoms with van der Waals surface area (Å²) in [5, 5.41) is 19.2. The molecule has 2 heterocycles. The lowest BCUT2D eigenvalue weighted by atomic mass is 10.00. The van der Waals surface area contributed by atoms with Crippen LogP contribution in [0.4, 0.5) is 0 Å². The number of aromatic nitrogens is 1. The van der Waals surface area contributed by atoms with Crippen LogP contribution >= 0.6 is 0 Å². The Kier molecular flexibility index (Phi) is 8.07. The van der Waals surface area contributed by atoms with Crippen molar-refractivity contribution in [3.05, 3.63) is 102 Å². The third-order valence-electron chi connectivity index (χ3n) is 7.35. The molecule has 6 N–H and O–H groups in total. The molecule has 3 aromatic carbocycles. The summed E-state index contributed by atoms with van der Waals surface area (Å²) < 4.78 is 0. The lowest BCUT2D eigenvalue weighted by Gasteiger charge is -2.32. The highest BCUT2D eigenvalue weighted by Gasteiger charge is 2.35. The third kappa shape index (κ3) is 6.46. The fourth-order valence-corrected chi connectivity index (χ4v) is 5.19. The summed E-state index contributed by atoms with van der Waals surface area (Å²) in [7, 11) is 0. The summed E-state index contributed by atoms with van der Waals surface area (Å²) in [4.78, 5) is 18.7. The number of nitrogens with two attached hydrogens (primary N) is 1. The van der Waals surface area contributed by atoms with Crippen molar-refractivity contribution in [1.29, 1.82) is 0 Å². The molecule has 0 aliphatic carbocycles. The van der Waals surface area contributed by atoms with E-state index in [1.165, 1.54) is 5.56 Å². The van der Waals surface area contributed by atoms with Gasteiger partial charge in [-0.1, -0.05) is 60.7 Å².